The first-order chi connectivity index (χ1) is 12.0. The normalized spacial score (nSPS) is 12.8. The van der Waals surface area contributed by atoms with E-state index >= 15 is 0 Å². The van der Waals surface area contributed by atoms with E-state index in [9.17, 15) is 19.7 Å². The summed E-state index contributed by atoms with van der Waals surface area (Å²) in [5.41, 5.74) is 7.44. The van der Waals surface area contributed by atoms with Gasteiger partial charge in [0.15, 0.2) is 0 Å². The second-order valence-corrected chi connectivity index (χ2v) is 5.60. The average molecular weight is 340 g/mol. The number of carbonyl (C=O) groups excluding carboxylic acids is 2. The Morgan fingerprint density at radius 1 is 1.08 bits per heavy atom. The first-order valence-electron chi connectivity index (χ1n) is 7.70. The third kappa shape index (κ3) is 5.50. The lowest BCUT2D eigenvalue weighted by molar-refractivity contribution is -0.384. The first-order valence-corrected chi connectivity index (χ1v) is 7.70. The van der Waals surface area contributed by atoms with Crippen molar-refractivity contribution in [2.45, 2.75) is 24.9 Å². The van der Waals surface area contributed by atoms with Crippen LogP contribution in [-0.4, -0.2) is 29.2 Å². The Hall–Kier alpha value is -3.06. The fourth-order valence-corrected chi connectivity index (χ4v) is 2.35. The van der Waals surface area contributed by atoms with Crippen molar-refractivity contribution >= 4 is 17.9 Å². The highest BCUT2D eigenvalue weighted by Crippen LogP contribution is 2.13. The van der Waals surface area contributed by atoms with Crippen LogP contribution in [-0.2, 0) is 22.4 Å². The van der Waals surface area contributed by atoms with Gasteiger partial charge in [-0.15, -0.1) is 0 Å². The van der Waals surface area contributed by atoms with Crippen molar-refractivity contribution < 1.29 is 14.5 Å². The fraction of sp³-hybridized carbons (Fsp3) is 0.222. The van der Waals surface area contributed by atoms with Gasteiger partial charge in [0.05, 0.1) is 17.0 Å². The van der Waals surface area contributed by atoms with Crippen LogP contribution in [0.3, 0.4) is 0 Å². The topological polar surface area (TPSA) is 115 Å². The zero-order valence-electron chi connectivity index (χ0n) is 13.4. The van der Waals surface area contributed by atoms with E-state index in [-0.39, 0.29) is 12.1 Å². The average Bonchev–Trinajstić information content (AvgIpc) is 2.62. The number of nitrogens with zero attached hydrogens (tertiary/aromatic N) is 1. The highest BCUT2D eigenvalue weighted by Gasteiger charge is 2.19. The second kappa shape index (κ2) is 8.70. The maximum atomic E-state index is 12.2. The summed E-state index contributed by atoms with van der Waals surface area (Å²) in [5, 5.41) is 13.2. The molecule has 2 atom stereocenters. The van der Waals surface area contributed by atoms with Gasteiger partial charge in [-0.1, -0.05) is 42.5 Å². The molecular formula is C18H18N3O4. The molecule has 0 aromatic heterocycles. The molecule has 0 saturated heterocycles. The lowest BCUT2D eigenvalue weighted by atomic mass is 10.0. The van der Waals surface area contributed by atoms with E-state index < -0.39 is 22.9 Å². The van der Waals surface area contributed by atoms with Crippen molar-refractivity contribution in [3.63, 3.8) is 0 Å². The minimum atomic E-state index is -0.868. The number of non-ortho nitro benzene ring substituents is 1. The van der Waals surface area contributed by atoms with Crippen molar-refractivity contribution in [3.05, 3.63) is 75.8 Å². The SMILES string of the molecule is N[C@@H](Cc1ccc([N+](=O)[O-])cc1)C(=O)N[C@H]([C]=O)Cc1ccccc1. The van der Waals surface area contributed by atoms with Crippen LogP contribution in [0.2, 0.25) is 0 Å². The molecule has 0 saturated carbocycles. The minimum absolute atomic E-state index is 0.0275. The van der Waals surface area contributed by atoms with Gasteiger partial charge in [0.1, 0.15) is 0 Å². The zero-order valence-corrected chi connectivity index (χ0v) is 13.4. The molecule has 1 radical (unpaired) electrons. The second-order valence-electron chi connectivity index (χ2n) is 5.60. The third-order valence-corrected chi connectivity index (χ3v) is 3.68. The number of nitrogens with two attached hydrogens (primary N) is 1. The maximum Gasteiger partial charge on any atom is 0.269 e. The van der Waals surface area contributed by atoms with Crippen LogP contribution in [0, 0.1) is 10.1 Å². The Bertz CT molecular complexity index is 732. The van der Waals surface area contributed by atoms with Gasteiger partial charge < -0.3 is 11.1 Å². The lowest BCUT2D eigenvalue weighted by Crippen LogP contribution is -2.47. The predicted molar refractivity (Wildman–Crippen MR) is 92.5 cm³/mol. The van der Waals surface area contributed by atoms with Crippen LogP contribution >= 0.6 is 0 Å². The first kappa shape index (κ1) is 18.3. The Labute approximate surface area is 145 Å². The van der Waals surface area contributed by atoms with Crippen molar-refractivity contribution in [2.75, 3.05) is 0 Å². The Balaban J connectivity index is 1.92. The number of nitrogens with one attached hydrogen (secondary N) is 1. The molecule has 129 valence electrons. The Morgan fingerprint density at radius 3 is 2.24 bits per heavy atom. The van der Waals surface area contributed by atoms with Crippen molar-refractivity contribution in [1.29, 1.82) is 0 Å². The van der Waals surface area contributed by atoms with E-state index in [0.717, 1.165) is 5.56 Å². The summed E-state index contributed by atoms with van der Waals surface area (Å²) in [7, 11) is 0. The fourth-order valence-electron chi connectivity index (χ4n) is 2.35. The molecule has 0 bridgehead atoms. The highest BCUT2D eigenvalue weighted by atomic mass is 16.6. The van der Waals surface area contributed by atoms with Crippen LogP contribution < -0.4 is 11.1 Å². The van der Waals surface area contributed by atoms with Crippen molar-refractivity contribution in [1.82, 2.24) is 5.32 Å². The van der Waals surface area contributed by atoms with E-state index in [1.807, 2.05) is 36.6 Å². The molecule has 0 heterocycles. The molecule has 7 nitrogen and oxygen atoms in total. The molecule has 2 rings (SSSR count). The molecule has 0 unspecified atom stereocenters. The monoisotopic (exact) mass is 340 g/mol. The van der Waals surface area contributed by atoms with Crippen LogP contribution in [0.4, 0.5) is 5.69 Å². The smallest absolute Gasteiger partial charge is 0.269 e. The zero-order chi connectivity index (χ0) is 18.2. The van der Waals surface area contributed by atoms with Gasteiger partial charge in [0, 0.05) is 18.6 Å². The quantitative estimate of drug-likeness (QED) is 0.555. The number of benzene rings is 2. The molecule has 7 heteroatoms. The van der Waals surface area contributed by atoms with Crippen LogP contribution in [0.15, 0.2) is 54.6 Å². The summed E-state index contributed by atoms with van der Waals surface area (Å²) in [6, 6.07) is 13.4. The number of carbonyl (C=O) groups is 1. The number of hydrogen-bond acceptors (Lipinski definition) is 5. The van der Waals surface area contributed by atoms with Gasteiger partial charge >= 0.3 is 0 Å². The van der Waals surface area contributed by atoms with E-state index in [2.05, 4.69) is 5.32 Å². The summed E-state index contributed by atoms with van der Waals surface area (Å²) in [6.45, 7) is 0. The lowest BCUT2D eigenvalue weighted by Gasteiger charge is -2.16. The van der Waals surface area contributed by atoms with Crippen LogP contribution in [0.5, 0.6) is 0 Å². The molecule has 2 aromatic carbocycles. The Kier molecular flexibility index (Phi) is 6.36. The molecule has 3 N–H and O–H groups in total. The van der Waals surface area contributed by atoms with E-state index in [4.69, 9.17) is 5.73 Å². The number of nitro groups is 1. The highest BCUT2D eigenvalue weighted by molar-refractivity contribution is 5.84. The van der Waals surface area contributed by atoms with Gasteiger partial charge in [-0.25, -0.2) is 0 Å². The summed E-state index contributed by atoms with van der Waals surface area (Å²) >= 11 is 0. The standard InChI is InChI=1S/C18H18N3O4/c19-17(11-14-6-8-16(9-7-14)21(24)25)18(23)20-15(12-22)10-13-4-2-1-3-5-13/h1-9,15,17H,10-11,19H2,(H,20,23)/t15-,17-/m0/s1. The molecule has 0 aliphatic rings. The van der Waals surface area contributed by atoms with Crippen LogP contribution in [0.25, 0.3) is 0 Å². The van der Waals surface area contributed by atoms with Gasteiger partial charge in [-0.2, -0.15) is 0 Å². The predicted octanol–water partition coefficient (Wildman–Crippen LogP) is 1.30. The molecule has 0 aliphatic heterocycles. The van der Waals surface area contributed by atoms with E-state index in [0.29, 0.717) is 12.0 Å². The molecule has 0 aliphatic carbocycles. The third-order valence-electron chi connectivity index (χ3n) is 3.68. The van der Waals surface area contributed by atoms with Crippen LogP contribution in [0.1, 0.15) is 11.1 Å². The Morgan fingerprint density at radius 2 is 1.68 bits per heavy atom. The van der Waals surface area contributed by atoms with Gasteiger partial charge in [-0.05, 0) is 17.5 Å². The summed E-state index contributed by atoms with van der Waals surface area (Å²) in [6.07, 6.45) is 2.35. The molecule has 0 fully saturated rings. The van der Waals surface area contributed by atoms with Crippen molar-refractivity contribution in [2.24, 2.45) is 5.73 Å². The summed E-state index contributed by atoms with van der Waals surface area (Å²) in [4.78, 5) is 33.4. The minimum Gasteiger partial charge on any atom is -0.344 e. The molecule has 2 aromatic rings. The number of nitro benzene ring substituents is 1. The molecule has 1 amide bonds. The summed E-state index contributed by atoms with van der Waals surface area (Å²) < 4.78 is 0. The van der Waals surface area contributed by atoms with Gasteiger partial charge in [-0.3, -0.25) is 19.7 Å². The largest absolute Gasteiger partial charge is 0.344 e. The maximum absolute atomic E-state index is 12.2. The van der Waals surface area contributed by atoms with E-state index in [1.165, 1.54) is 12.1 Å². The molecule has 0 spiro atoms. The van der Waals surface area contributed by atoms with Gasteiger partial charge in [0.25, 0.3) is 5.69 Å². The van der Waals surface area contributed by atoms with Gasteiger partial charge in [0.2, 0.25) is 12.2 Å². The molecular weight excluding hydrogens is 322 g/mol. The van der Waals surface area contributed by atoms with Crippen molar-refractivity contribution in [3.8, 4) is 0 Å². The number of rotatable bonds is 8. The number of hydrogen-bond donors (Lipinski definition) is 2. The van der Waals surface area contributed by atoms with E-state index in [1.54, 1.807) is 12.1 Å². The summed E-state index contributed by atoms with van der Waals surface area (Å²) in [5.74, 6) is -0.470. The number of amides is 1. The molecule has 25 heavy (non-hydrogen) atoms.